The number of hydrogen-bond acceptors (Lipinski definition) is 14. The van der Waals surface area contributed by atoms with E-state index in [1.54, 1.807) is 24.3 Å². The summed E-state index contributed by atoms with van der Waals surface area (Å²) in [6, 6.07) is 9.56. The van der Waals surface area contributed by atoms with E-state index in [4.69, 9.17) is 26.3 Å². The molecule has 2 fully saturated rings. The maximum absolute atomic E-state index is 12.5. The molecule has 2 saturated heterocycles. The van der Waals surface area contributed by atoms with Gasteiger partial charge in [0.2, 0.25) is 0 Å². The molecule has 0 aromatic heterocycles. The van der Waals surface area contributed by atoms with Crippen LogP contribution in [0, 0.1) is 67.6 Å². The van der Waals surface area contributed by atoms with E-state index in [1.165, 1.54) is 55.8 Å². The summed E-state index contributed by atoms with van der Waals surface area (Å²) in [5, 5.41) is 22.9. The molecule has 358 valence electrons. The SMILES string of the molecule is CCCCC#CC#CCCc1ccc(C(=O)CCCN2CCOCC2)cc1[N+](=O)[O-].CCCCC#CC#CCCc1ccc(C(=O)CCCN2CCOCC2)cc1[N+](=O)[O-].O=S(=O)=S(=O)=O.[Na][Na]. The molecule has 0 unspecified atom stereocenters. The normalized spacial score (nSPS) is 12.8. The molecule has 0 radical (unpaired) electrons. The summed E-state index contributed by atoms with van der Waals surface area (Å²) in [4.78, 5) is 51.6. The average molecular weight is 995 g/mol. The zero-order chi connectivity index (χ0) is 50.4. The van der Waals surface area contributed by atoms with Crippen LogP contribution >= 0.6 is 0 Å². The third-order valence-corrected chi connectivity index (χ3v) is 11.0. The second-order valence-electron chi connectivity index (χ2n) is 15.0. The molecule has 0 N–H and O–H groups in total. The Labute approximate surface area is 432 Å². The van der Waals surface area contributed by atoms with Crippen molar-refractivity contribution in [2.45, 2.75) is 104 Å². The van der Waals surface area contributed by atoms with E-state index < -0.39 is 28.4 Å². The van der Waals surface area contributed by atoms with Crippen LogP contribution < -0.4 is 0 Å². The number of hydrogen-bond donors (Lipinski definition) is 0. The van der Waals surface area contributed by atoms with Gasteiger partial charge >= 0.3 is 62.1 Å². The number of ketones is 2. The Morgan fingerprint density at radius 2 is 0.926 bits per heavy atom. The summed E-state index contributed by atoms with van der Waals surface area (Å²) in [5.41, 5.74) is 1.98. The summed E-state index contributed by atoms with van der Waals surface area (Å²) in [7, 11) is -5.90. The van der Waals surface area contributed by atoms with Gasteiger partial charge in [-0.15, -0.1) is 0 Å². The van der Waals surface area contributed by atoms with Crippen LogP contribution in [0.2, 0.25) is 0 Å². The number of rotatable bonds is 20. The number of nitro groups is 2. The molecule has 20 heteroatoms. The molecule has 0 bridgehead atoms. The van der Waals surface area contributed by atoms with Gasteiger partial charge in [-0.25, -0.2) is 0 Å². The van der Waals surface area contributed by atoms with Crippen molar-refractivity contribution in [3.63, 3.8) is 0 Å². The monoisotopic (exact) mass is 994 g/mol. The minimum absolute atomic E-state index is 0.00939. The number of morpholine rings is 2. The number of aryl methyl sites for hydroxylation is 2. The Morgan fingerprint density at radius 1 is 0.588 bits per heavy atom. The molecule has 2 aliphatic rings. The van der Waals surface area contributed by atoms with Gasteiger partial charge in [0.15, 0.2) is 11.6 Å². The molecule has 16 nitrogen and oxygen atoms in total. The molecule has 2 aromatic carbocycles. The Morgan fingerprint density at radius 3 is 1.24 bits per heavy atom. The van der Waals surface area contributed by atoms with Crippen LogP contribution in [0.3, 0.4) is 0 Å². The van der Waals surface area contributed by atoms with Crippen molar-refractivity contribution in [1.29, 1.82) is 0 Å². The average Bonchev–Trinajstić information content (AvgIpc) is 3.34. The van der Waals surface area contributed by atoms with Crippen LogP contribution in [0.25, 0.3) is 0 Å². The van der Waals surface area contributed by atoms with Crippen molar-refractivity contribution in [3.05, 3.63) is 78.9 Å². The van der Waals surface area contributed by atoms with Crippen molar-refractivity contribution >= 4 is 85.1 Å². The fourth-order valence-corrected chi connectivity index (χ4v) is 6.45. The Bertz CT molecular complexity index is 2260. The van der Waals surface area contributed by atoms with E-state index in [0.717, 1.165) is 117 Å². The number of nitro benzene ring substituents is 2. The Balaban J connectivity index is 0.000000587. The zero-order valence-electron chi connectivity index (χ0n) is 39.9. The van der Waals surface area contributed by atoms with Gasteiger partial charge in [-0.3, -0.25) is 39.6 Å². The summed E-state index contributed by atoms with van der Waals surface area (Å²) in [6.45, 7) is 12.4. The fraction of sp³-hybridized carbons (Fsp3) is 0.542. The van der Waals surface area contributed by atoms with E-state index >= 15 is 0 Å². The third-order valence-electron chi connectivity index (χ3n) is 10.1. The summed E-state index contributed by atoms with van der Waals surface area (Å²) >= 11 is 2.89. The summed E-state index contributed by atoms with van der Waals surface area (Å²) in [5.74, 6) is 23.0. The van der Waals surface area contributed by atoms with Crippen molar-refractivity contribution in [2.24, 2.45) is 0 Å². The number of Topliss-reactive ketones (excluding diaryl/α,β-unsaturated/α-hetero) is 2. The Kier molecular flexibility index (Phi) is 36.7. The van der Waals surface area contributed by atoms with Crippen LogP contribution in [0.5, 0.6) is 0 Å². The molecular formula is C48H60N4Na2O12S2. The second-order valence-corrected chi connectivity index (χ2v) is 17.4. The van der Waals surface area contributed by atoms with Gasteiger partial charge < -0.3 is 9.47 Å². The first-order valence-corrected chi connectivity index (χ1v) is 33.9. The van der Waals surface area contributed by atoms with E-state index in [0.29, 0.717) is 60.8 Å². The van der Waals surface area contributed by atoms with Crippen LogP contribution in [-0.2, 0) is 40.8 Å². The van der Waals surface area contributed by atoms with E-state index in [2.05, 4.69) is 71.0 Å². The van der Waals surface area contributed by atoms with Gasteiger partial charge in [-0.1, -0.05) is 74.6 Å². The van der Waals surface area contributed by atoms with E-state index in [1.807, 2.05) is 0 Å². The van der Waals surface area contributed by atoms with E-state index in [9.17, 15) is 29.8 Å². The summed E-state index contributed by atoms with van der Waals surface area (Å²) < 4.78 is 47.0. The molecule has 4 rings (SSSR count). The molecule has 0 spiro atoms. The second kappa shape index (κ2) is 40.1. The van der Waals surface area contributed by atoms with Crippen molar-refractivity contribution < 1.29 is 45.7 Å². The van der Waals surface area contributed by atoms with Crippen LogP contribution in [0.4, 0.5) is 11.4 Å². The Hall–Kier alpha value is -3.70. The molecule has 2 heterocycles. The zero-order valence-corrected chi connectivity index (χ0v) is 45.6. The minimum atomic E-state index is -2.95. The number of ether oxygens (including phenoxy) is 2. The molecule has 2 aliphatic heterocycles. The molecule has 0 saturated carbocycles. The maximum atomic E-state index is 12.5. The van der Waals surface area contributed by atoms with E-state index in [-0.39, 0.29) is 22.9 Å². The summed E-state index contributed by atoms with van der Waals surface area (Å²) in [6.07, 6.45) is 10.2. The van der Waals surface area contributed by atoms with Gasteiger partial charge in [0.1, 0.15) is 0 Å². The van der Waals surface area contributed by atoms with Crippen molar-refractivity contribution in [2.75, 3.05) is 65.7 Å². The first kappa shape index (κ1) is 62.3. The number of carbonyl (C=O) groups is 2. The molecule has 0 aliphatic carbocycles. The molecular weight excluding hydrogens is 935 g/mol. The van der Waals surface area contributed by atoms with Gasteiger partial charge in [0.25, 0.3) is 11.4 Å². The number of benzene rings is 2. The van der Waals surface area contributed by atoms with Gasteiger partial charge in [-0.05, 0) is 75.3 Å². The predicted molar refractivity (Wildman–Crippen MR) is 264 cm³/mol. The first-order chi connectivity index (χ1) is 32.9. The van der Waals surface area contributed by atoms with Crippen molar-refractivity contribution in [3.8, 4) is 47.4 Å². The topological polar surface area (TPSA) is 214 Å². The van der Waals surface area contributed by atoms with Crippen LogP contribution in [-0.4, -0.2) is 157 Å². The number of nitrogens with zero attached hydrogens (tertiary/aromatic N) is 4. The molecule has 68 heavy (non-hydrogen) atoms. The standard InChI is InChI=1S/2C24H30N2O4.2Na.O4S2/c2*1-2-3-4-5-6-7-8-9-11-21-13-14-22(20-23(21)26(28)29)24(27)12-10-15-25-16-18-30-19-17-25;;;1-5(2)6(3)4/h2*13-14,20H,2-4,9-12,15-19H2,1H3;;;. The van der Waals surface area contributed by atoms with Gasteiger partial charge in [0, 0.05) is 99.1 Å². The quantitative estimate of drug-likeness (QED) is 0.0375. The third kappa shape index (κ3) is 28.7. The molecule has 0 atom stereocenters. The number of carbonyl (C=O) groups excluding carboxylic acids is 2. The fourth-order valence-electron chi connectivity index (χ4n) is 6.45. The van der Waals surface area contributed by atoms with Gasteiger partial charge in [0.05, 0.1) is 36.3 Å². The predicted octanol–water partition coefficient (Wildman–Crippen LogP) is 5.94. The number of unbranched alkanes of at least 4 members (excludes halogenated alkanes) is 4. The van der Waals surface area contributed by atoms with Crippen LogP contribution in [0.15, 0.2) is 36.4 Å². The van der Waals surface area contributed by atoms with Gasteiger partial charge in [-0.2, -0.15) is 16.8 Å². The molecule has 0 amide bonds. The molecule has 2 aromatic rings. The van der Waals surface area contributed by atoms with Crippen LogP contribution in [0.1, 0.15) is 123 Å². The first-order valence-electron chi connectivity index (χ1n) is 23.2. The van der Waals surface area contributed by atoms with Crippen molar-refractivity contribution in [1.82, 2.24) is 9.80 Å².